The van der Waals surface area contributed by atoms with Gasteiger partial charge in [-0.1, -0.05) is 60.7 Å². The van der Waals surface area contributed by atoms with E-state index in [-0.39, 0.29) is 6.79 Å². The van der Waals surface area contributed by atoms with Gasteiger partial charge in [0.15, 0.2) is 11.5 Å². The second kappa shape index (κ2) is 9.12. The van der Waals surface area contributed by atoms with Crippen LogP contribution in [0.4, 0.5) is 0 Å². The summed E-state index contributed by atoms with van der Waals surface area (Å²) in [4.78, 5) is 2.30. The summed E-state index contributed by atoms with van der Waals surface area (Å²) in [5.41, 5.74) is 4.84. The van der Waals surface area contributed by atoms with Crippen LogP contribution in [0.2, 0.25) is 0 Å². The molecule has 0 radical (unpaired) electrons. The van der Waals surface area contributed by atoms with Crippen molar-refractivity contribution in [1.82, 2.24) is 4.90 Å². The van der Waals surface area contributed by atoms with E-state index in [1.807, 2.05) is 30.3 Å². The van der Waals surface area contributed by atoms with Crippen LogP contribution in [0.1, 0.15) is 22.3 Å². The maximum Gasteiger partial charge on any atom is 0.231 e. The zero-order valence-electron chi connectivity index (χ0n) is 16.8. The van der Waals surface area contributed by atoms with E-state index in [9.17, 15) is 5.11 Å². The molecule has 4 rings (SSSR count). The molecule has 0 aromatic heterocycles. The average Bonchev–Trinajstić information content (AvgIpc) is 3.18. The zero-order chi connectivity index (χ0) is 20.1. The highest BCUT2D eigenvalue weighted by atomic mass is 16.7. The molecule has 4 heteroatoms. The zero-order valence-corrected chi connectivity index (χ0v) is 16.8. The van der Waals surface area contributed by atoms with Crippen molar-refractivity contribution in [2.45, 2.75) is 32.5 Å². The second-order valence-electron chi connectivity index (χ2n) is 7.63. The predicted molar refractivity (Wildman–Crippen MR) is 114 cm³/mol. The molecule has 1 aliphatic rings. The molecule has 1 N–H and O–H groups in total. The minimum Gasteiger partial charge on any atom is -0.454 e. The smallest absolute Gasteiger partial charge is 0.231 e. The summed E-state index contributed by atoms with van der Waals surface area (Å²) in [6.45, 7) is 4.53. The van der Waals surface area contributed by atoms with Gasteiger partial charge in [0.2, 0.25) is 6.79 Å². The molecule has 0 spiro atoms. The lowest BCUT2D eigenvalue weighted by Gasteiger charge is -2.26. The molecule has 0 fully saturated rings. The third-order valence-corrected chi connectivity index (χ3v) is 5.28. The number of aliphatic hydroxyl groups is 1. The number of hydrogen-bond acceptors (Lipinski definition) is 4. The Balaban J connectivity index is 1.49. The van der Waals surface area contributed by atoms with Crippen LogP contribution in [0.25, 0.3) is 0 Å². The predicted octanol–water partition coefficient (Wildman–Crippen LogP) is 4.33. The first-order valence-electron chi connectivity index (χ1n) is 10.0. The number of hydrogen-bond donors (Lipinski definition) is 1. The fourth-order valence-corrected chi connectivity index (χ4v) is 3.76. The van der Waals surface area contributed by atoms with E-state index >= 15 is 0 Å². The quantitative estimate of drug-likeness (QED) is 0.623. The molecule has 1 atom stereocenters. The molecule has 0 saturated heterocycles. The average molecular weight is 389 g/mol. The molecule has 0 aliphatic carbocycles. The largest absolute Gasteiger partial charge is 0.454 e. The number of aliphatic hydroxyl groups excluding tert-OH is 1. The van der Waals surface area contributed by atoms with Gasteiger partial charge >= 0.3 is 0 Å². The van der Waals surface area contributed by atoms with Crippen LogP contribution in [-0.2, 0) is 19.5 Å². The highest BCUT2D eigenvalue weighted by Gasteiger charge is 2.17. The van der Waals surface area contributed by atoms with E-state index in [2.05, 4.69) is 54.3 Å². The van der Waals surface area contributed by atoms with Crippen molar-refractivity contribution in [3.05, 3.63) is 95.1 Å². The fraction of sp³-hybridized carbons (Fsp3) is 0.280. The summed E-state index contributed by atoms with van der Waals surface area (Å²) in [7, 11) is 0. The van der Waals surface area contributed by atoms with E-state index in [0.717, 1.165) is 35.7 Å². The van der Waals surface area contributed by atoms with Crippen molar-refractivity contribution < 1.29 is 14.6 Å². The maximum atomic E-state index is 10.8. The second-order valence-corrected chi connectivity index (χ2v) is 7.63. The van der Waals surface area contributed by atoms with Gasteiger partial charge in [-0.15, -0.1) is 0 Å². The van der Waals surface area contributed by atoms with Crippen LogP contribution >= 0.6 is 0 Å². The molecule has 29 heavy (non-hydrogen) atoms. The topological polar surface area (TPSA) is 41.9 Å². The van der Waals surface area contributed by atoms with Crippen molar-refractivity contribution >= 4 is 0 Å². The van der Waals surface area contributed by atoms with Crippen molar-refractivity contribution in [2.75, 3.05) is 13.3 Å². The SMILES string of the molecule is Cc1ccccc1CN(Cc1ccc2c(c1)OCO2)C[C@@H](O)Cc1ccccc1. The van der Waals surface area contributed by atoms with Gasteiger partial charge < -0.3 is 14.6 Å². The minimum absolute atomic E-state index is 0.279. The molecule has 1 aliphatic heterocycles. The Labute approximate surface area is 172 Å². The van der Waals surface area contributed by atoms with Gasteiger partial charge in [0, 0.05) is 19.6 Å². The summed E-state index contributed by atoms with van der Waals surface area (Å²) in [5.74, 6) is 1.59. The van der Waals surface area contributed by atoms with Crippen LogP contribution in [0.3, 0.4) is 0 Å². The van der Waals surface area contributed by atoms with Crippen molar-refractivity contribution in [1.29, 1.82) is 0 Å². The molecular formula is C25H27NO3. The summed E-state index contributed by atoms with van der Waals surface area (Å²) in [6, 6.07) is 24.6. The van der Waals surface area contributed by atoms with Gasteiger partial charge in [-0.25, -0.2) is 0 Å². The number of aryl methyl sites for hydroxylation is 1. The van der Waals surface area contributed by atoms with Gasteiger partial charge in [-0.05, 0) is 47.7 Å². The molecule has 1 heterocycles. The van der Waals surface area contributed by atoms with Crippen LogP contribution in [0.15, 0.2) is 72.8 Å². The number of benzene rings is 3. The highest BCUT2D eigenvalue weighted by molar-refractivity contribution is 5.44. The Hall–Kier alpha value is -2.82. The third-order valence-electron chi connectivity index (χ3n) is 5.28. The number of ether oxygens (including phenoxy) is 2. The lowest BCUT2D eigenvalue weighted by Crippen LogP contribution is -2.33. The standard InChI is InChI=1S/C25H27NO3/c1-19-7-5-6-10-22(19)16-26(17-23(27)13-20-8-3-2-4-9-20)15-21-11-12-24-25(14-21)29-18-28-24/h2-12,14,23,27H,13,15-18H2,1H3/t23-/m0/s1. The summed E-state index contributed by atoms with van der Waals surface area (Å²) < 4.78 is 11.0. The molecular weight excluding hydrogens is 362 g/mol. The van der Waals surface area contributed by atoms with Crippen molar-refractivity contribution in [3.63, 3.8) is 0 Å². The minimum atomic E-state index is -0.435. The van der Waals surface area contributed by atoms with E-state index in [0.29, 0.717) is 13.0 Å². The summed E-state index contributed by atoms with van der Waals surface area (Å²) in [6.07, 6.45) is 0.210. The molecule has 0 amide bonds. The Morgan fingerprint density at radius 3 is 2.45 bits per heavy atom. The van der Waals surface area contributed by atoms with E-state index in [1.165, 1.54) is 11.1 Å². The Morgan fingerprint density at radius 1 is 0.862 bits per heavy atom. The molecule has 3 aromatic rings. The first-order chi connectivity index (χ1) is 14.2. The first-order valence-corrected chi connectivity index (χ1v) is 10.0. The number of fused-ring (bicyclic) bond motifs is 1. The van der Waals surface area contributed by atoms with Gasteiger partial charge in [0.1, 0.15) is 0 Å². The normalized spacial score (nSPS) is 13.6. The Kier molecular flexibility index (Phi) is 6.13. The maximum absolute atomic E-state index is 10.8. The van der Waals surface area contributed by atoms with E-state index < -0.39 is 6.10 Å². The molecule has 0 bridgehead atoms. The van der Waals surface area contributed by atoms with Gasteiger partial charge in [0.25, 0.3) is 0 Å². The van der Waals surface area contributed by atoms with Crippen molar-refractivity contribution in [3.8, 4) is 11.5 Å². The molecule has 150 valence electrons. The lowest BCUT2D eigenvalue weighted by molar-refractivity contribution is 0.104. The van der Waals surface area contributed by atoms with Crippen LogP contribution in [0, 0.1) is 6.92 Å². The van der Waals surface area contributed by atoms with Gasteiger partial charge in [-0.3, -0.25) is 4.90 Å². The molecule has 3 aromatic carbocycles. The van der Waals surface area contributed by atoms with Gasteiger partial charge in [-0.2, -0.15) is 0 Å². The number of rotatable bonds is 8. The van der Waals surface area contributed by atoms with Crippen LogP contribution < -0.4 is 9.47 Å². The molecule has 4 nitrogen and oxygen atoms in total. The summed E-state index contributed by atoms with van der Waals surface area (Å²) in [5, 5.41) is 10.8. The van der Waals surface area contributed by atoms with Crippen LogP contribution in [0.5, 0.6) is 11.5 Å². The Morgan fingerprint density at radius 2 is 1.62 bits per heavy atom. The van der Waals surface area contributed by atoms with Gasteiger partial charge in [0.05, 0.1) is 6.10 Å². The molecule has 0 unspecified atom stereocenters. The monoisotopic (exact) mass is 389 g/mol. The van der Waals surface area contributed by atoms with Crippen molar-refractivity contribution in [2.24, 2.45) is 0 Å². The highest BCUT2D eigenvalue weighted by Crippen LogP contribution is 2.33. The van der Waals surface area contributed by atoms with Crippen LogP contribution in [-0.4, -0.2) is 29.4 Å². The van der Waals surface area contributed by atoms with E-state index in [4.69, 9.17) is 9.47 Å². The lowest BCUT2D eigenvalue weighted by atomic mass is 10.1. The Bertz CT molecular complexity index is 942. The molecule has 0 saturated carbocycles. The fourth-order valence-electron chi connectivity index (χ4n) is 3.76. The number of nitrogens with zero attached hydrogens (tertiary/aromatic N) is 1. The third kappa shape index (κ3) is 5.17. The summed E-state index contributed by atoms with van der Waals surface area (Å²) >= 11 is 0. The first kappa shape index (κ1) is 19.5. The van der Waals surface area contributed by atoms with E-state index in [1.54, 1.807) is 0 Å².